The van der Waals surface area contributed by atoms with Gasteiger partial charge in [0.1, 0.15) is 9.84 Å². The fraction of sp³-hybridized carbons (Fsp3) is 1.00. The van der Waals surface area contributed by atoms with E-state index in [2.05, 4.69) is 24.1 Å². The molecule has 1 saturated heterocycles. The van der Waals surface area contributed by atoms with Crippen molar-refractivity contribution in [3.63, 3.8) is 0 Å². The average molecular weight is 262 g/mol. The van der Waals surface area contributed by atoms with Crippen molar-refractivity contribution >= 4 is 9.84 Å². The zero-order chi connectivity index (χ0) is 12.9. The van der Waals surface area contributed by atoms with Gasteiger partial charge in [0.15, 0.2) is 0 Å². The number of sulfone groups is 1. The van der Waals surface area contributed by atoms with E-state index in [-0.39, 0.29) is 5.75 Å². The number of nitrogens with zero attached hydrogens (tertiary/aromatic N) is 1. The Bertz CT molecular complexity index is 316. The lowest BCUT2D eigenvalue weighted by Crippen LogP contribution is -2.55. The third-order valence-electron chi connectivity index (χ3n) is 3.54. The molecule has 0 aromatic carbocycles. The molecule has 1 heterocycles. The molecule has 1 aliphatic rings. The summed E-state index contributed by atoms with van der Waals surface area (Å²) in [4.78, 5) is 2.44. The summed E-state index contributed by atoms with van der Waals surface area (Å²) in [6.07, 6.45) is 1.89. The summed E-state index contributed by atoms with van der Waals surface area (Å²) in [5, 5.41) is 3.47. The minimum absolute atomic E-state index is 0.266. The summed E-state index contributed by atoms with van der Waals surface area (Å²) in [6.45, 7) is 9.06. The number of hydrogen-bond donors (Lipinski definition) is 1. The fourth-order valence-electron chi connectivity index (χ4n) is 2.34. The van der Waals surface area contributed by atoms with Crippen molar-refractivity contribution < 1.29 is 8.42 Å². The molecule has 0 aliphatic carbocycles. The van der Waals surface area contributed by atoms with Crippen molar-refractivity contribution in [2.45, 2.75) is 45.7 Å². The Balaban J connectivity index is 2.38. The molecule has 2 atom stereocenters. The first-order valence-electron chi connectivity index (χ1n) is 6.66. The fourth-order valence-corrected chi connectivity index (χ4v) is 3.20. The van der Waals surface area contributed by atoms with Crippen molar-refractivity contribution in [2.24, 2.45) is 0 Å². The molecule has 1 aliphatic heterocycles. The Morgan fingerprint density at radius 2 is 2.06 bits per heavy atom. The molecular weight excluding hydrogens is 236 g/mol. The molecule has 1 fully saturated rings. The summed E-state index contributed by atoms with van der Waals surface area (Å²) in [5.74, 6) is 0.598. The average Bonchev–Trinajstić information content (AvgIpc) is 2.29. The molecule has 0 spiro atoms. The lowest BCUT2D eigenvalue weighted by Gasteiger charge is -2.39. The van der Waals surface area contributed by atoms with Gasteiger partial charge in [-0.2, -0.15) is 0 Å². The largest absolute Gasteiger partial charge is 0.311 e. The Hall–Kier alpha value is -0.130. The highest BCUT2D eigenvalue weighted by atomic mass is 32.2. The number of nitrogens with one attached hydrogen (secondary N) is 1. The van der Waals surface area contributed by atoms with Crippen LogP contribution < -0.4 is 5.32 Å². The number of rotatable bonds is 6. The standard InChI is InChI=1S/C12H26N2O2S/c1-4-12-9-13-11(3)10-14(12)7-6-8-17(15,16)5-2/h11-13H,4-10H2,1-3H3. The smallest absolute Gasteiger partial charge is 0.150 e. The lowest BCUT2D eigenvalue weighted by molar-refractivity contribution is 0.132. The highest BCUT2D eigenvalue weighted by Gasteiger charge is 2.24. The molecule has 0 aromatic heterocycles. The topological polar surface area (TPSA) is 49.4 Å². The molecule has 5 heteroatoms. The second kappa shape index (κ2) is 6.71. The van der Waals surface area contributed by atoms with Crippen LogP contribution in [0.1, 0.15) is 33.6 Å². The summed E-state index contributed by atoms with van der Waals surface area (Å²) < 4.78 is 22.9. The van der Waals surface area contributed by atoms with Gasteiger partial charge in [0.05, 0.1) is 5.75 Å². The Labute approximate surface area is 106 Å². The van der Waals surface area contributed by atoms with E-state index in [4.69, 9.17) is 0 Å². The first-order chi connectivity index (χ1) is 7.98. The molecule has 2 unspecified atom stereocenters. The highest BCUT2D eigenvalue weighted by Crippen LogP contribution is 2.11. The Kier molecular flexibility index (Phi) is 5.89. The Morgan fingerprint density at radius 3 is 2.65 bits per heavy atom. The number of piperazine rings is 1. The van der Waals surface area contributed by atoms with Gasteiger partial charge in [0, 0.05) is 30.9 Å². The summed E-state index contributed by atoms with van der Waals surface area (Å²) in [7, 11) is -2.80. The maximum atomic E-state index is 11.4. The molecule has 1 rings (SSSR count). The van der Waals surface area contributed by atoms with Crippen LogP contribution in [0, 0.1) is 0 Å². The number of hydrogen-bond acceptors (Lipinski definition) is 4. The van der Waals surface area contributed by atoms with E-state index in [1.807, 2.05) is 0 Å². The molecule has 0 radical (unpaired) electrons. The molecule has 17 heavy (non-hydrogen) atoms. The molecular formula is C12H26N2O2S. The van der Waals surface area contributed by atoms with Gasteiger partial charge in [0.2, 0.25) is 0 Å². The van der Waals surface area contributed by atoms with Gasteiger partial charge in [-0.05, 0) is 26.3 Å². The second-order valence-electron chi connectivity index (χ2n) is 4.96. The molecule has 0 aromatic rings. The van der Waals surface area contributed by atoms with E-state index in [1.54, 1.807) is 6.92 Å². The summed E-state index contributed by atoms with van der Waals surface area (Å²) >= 11 is 0. The van der Waals surface area contributed by atoms with Crippen molar-refractivity contribution in [2.75, 3.05) is 31.1 Å². The van der Waals surface area contributed by atoms with Crippen molar-refractivity contribution in [1.29, 1.82) is 0 Å². The SMILES string of the molecule is CCC1CNC(C)CN1CCCS(=O)(=O)CC. The molecule has 0 bridgehead atoms. The van der Waals surface area contributed by atoms with Gasteiger partial charge in [0.25, 0.3) is 0 Å². The van der Waals surface area contributed by atoms with E-state index >= 15 is 0 Å². The van der Waals surface area contributed by atoms with Crippen LogP contribution in [0.2, 0.25) is 0 Å². The maximum Gasteiger partial charge on any atom is 0.150 e. The zero-order valence-corrected chi connectivity index (χ0v) is 12.1. The van der Waals surface area contributed by atoms with Crippen LogP contribution in [-0.4, -0.2) is 56.5 Å². The minimum atomic E-state index is -2.80. The first-order valence-corrected chi connectivity index (χ1v) is 8.48. The van der Waals surface area contributed by atoms with Gasteiger partial charge in [-0.1, -0.05) is 13.8 Å². The van der Waals surface area contributed by atoms with Crippen LogP contribution in [0.25, 0.3) is 0 Å². The summed E-state index contributed by atoms with van der Waals surface area (Å²) in [5.41, 5.74) is 0. The molecule has 0 saturated carbocycles. The molecule has 1 N–H and O–H groups in total. The monoisotopic (exact) mass is 262 g/mol. The van der Waals surface area contributed by atoms with Crippen LogP contribution in [0.3, 0.4) is 0 Å². The first kappa shape index (κ1) is 14.9. The third-order valence-corrected chi connectivity index (χ3v) is 5.33. The third kappa shape index (κ3) is 4.94. The van der Waals surface area contributed by atoms with E-state index < -0.39 is 9.84 Å². The van der Waals surface area contributed by atoms with E-state index in [9.17, 15) is 8.42 Å². The van der Waals surface area contributed by atoms with Crippen LogP contribution in [0.15, 0.2) is 0 Å². The van der Waals surface area contributed by atoms with Crippen molar-refractivity contribution in [3.8, 4) is 0 Å². The van der Waals surface area contributed by atoms with Crippen LogP contribution >= 0.6 is 0 Å². The quantitative estimate of drug-likeness (QED) is 0.772. The predicted octanol–water partition coefficient (Wildman–Crippen LogP) is 0.884. The van der Waals surface area contributed by atoms with E-state index in [0.717, 1.165) is 32.5 Å². The van der Waals surface area contributed by atoms with Gasteiger partial charge >= 0.3 is 0 Å². The van der Waals surface area contributed by atoms with Crippen molar-refractivity contribution in [1.82, 2.24) is 10.2 Å². The normalized spacial score (nSPS) is 27.2. The van der Waals surface area contributed by atoms with Crippen molar-refractivity contribution in [3.05, 3.63) is 0 Å². The van der Waals surface area contributed by atoms with Gasteiger partial charge in [-0.25, -0.2) is 8.42 Å². The Morgan fingerprint density at radius 1 is 1.35 bits per heavy atom. The van der Waals surface area contributed by atoms with Crippen LogP contribution in [0.5, 0.6) is 0 Å². The maximum absolute atomic E-state index is 11.4. The van der Waals surface area contributed by atoms with Crippen LogP contribution in [-0.2, 0) is 9.84 Å². The van der Waals surface area contributed by atoms with E-state index in [1.165, 1.54) is 0 Å². The van der Waals surface area contributed by atoms with Crippen LogP contribution in [0.4, 0.5) is 0 Å². The zero-order valence-electron chi connectivity index (χ0n) is 11.3. The van der Waals surface area contributed by atoms with Gasteiger partial charge in [-0.3, -0.25) is 4.90 Å². The molecule has 102 valence electrons. The van der Waals surface area contributed by atoms with E-state index in [0.29, 0.717) is 17.8 Å². The molecule has 0 amide bonds. The predicted molar refractivity (Wildman–Crippen MR) is 72.1 cm³/mol. The highest BCUT2D eigenvalue weighted by molar-refractivity contribution is 7.91. The lowest BCUT2D eigenvalue weighted by atomic mass is 10.1. The van der Waals surface area contributed by atoms with Gasteiger partial charge in [-0.15, -0.1) is 0 Å². The summed E-state index contributed by atoms with van der Waals surface area (Å²) in [6, 6.07) is 1.08. The minimum Gasteiger partial charge on any atom is -0.311 e. The van der Waals surface area contributed by atoms with Gasteiger partial charge < -0.3 is 5.32 Å². The second-order valence-corrected chi connectivity index (χ2v) is 7.43. The molecule has 4 nitrogen and oxygen atoms in total.